The molecule has 1 atom stereocenters. The molecule has 1 saturated heterocycles. The Morgan fingerprint density at radius 1 is 1.18 bits per heavy atom. The number of nitrogens with zero attached hydrogens (tertiary/aromatic N) is 3. The summed E-state index contributed by atoms with van der Waals surface area (Å²) in [6.45, 7) is 2.35. The summed E-state index contributed by atoms with van der Waals surface area (Å²) in [5.41, 5.74) is 2.85. The van der Waals surface area contributed by atoms with Gasteiger partial charge in [-0.05, 0) is 60.4 Å². The molecule has 0 aliphatic carbocycles. The molecule has 1 aliphatic heterocycles. The summed E-state index contributed by atoms with van der Waals surface area (Å²) < 4.78 is 33.1. The van der Waals surface area contributed by atoms with Gasteiger partial charge in [-0.1, -0.05) is 24.6 Å². The molecular formula is C27H31ClN4O5S. The number of amides is 1. The van der Waals surface area contributed by atoms with E-state index in [0.717, 1.165) is 17.6 Å². The smallest absolute Gasteiger partial charge is 0.307 e. The molecular weight excluding hydrogens is 528 g/mol. The number of benzene rings is 1. The van der Waals surface area contributed by atoms with Gasteiger partial charge in [0.1, 0.15) is 5.03 Å². The molecule has 9 nitrogen and oxygen atoms in total. The first-order valence-electron chi connectivity index (χ1n) is 12.5. The lowest BCUT2D eigenvalue weighted by Gasteiger charge is -2.40. The Morgan fingerprint density at radius 2 is 1.95 bits per heavy atom. The summed E-state index contributed by atoms with van der Waals surface area (Å²) in [5, 5.41) is 1.23. The Morgan fingerprint density at radius 3 is 2.66 bits per heavy atom. The Balaban J connectivity index is 1.48. The number of hydrogen-bond acceptors (Lipinski definition) is 6. The van der Waals surface area contributed by atoms with Crippen molar-refractivity contribution in [1.82, 2.24) is 19.2 Å². The Hall–Kier alpha value is -3.21. The van der Waals surface area contributed by atoms with Crippen molar-refractivity contribution >= 4 is 50.0 Å². The van der Waals surface area contributed by atoms with E-state index in [1.165, 1.54) is 11.4 Å². The van der Waals surface area contributed by atoms with Crippen LogP contribution < -0.4 is 0 Å². The van der Waals surface area contributed by atoms with Gasteiger partial charge in [0.05, 0.1) is 19.6 Å². The van der Waals surface area contributed by atoms with Crippen molar-refractivity contribution in [3.8, 4) is 0 Å². The maximum Gasteiger partial charge on any atom is 0.307 e. The van der Waals surface area contributed by atoms with Crippen LogP contribution in [0.3, 0.4) is 0 Å². The third-order valence-electron chi connectivity index (χ3n) is 6.75. The average Bonchev–Trinajstić information content (AvgIpc) is 3.35. The van der Waals surface area contributed by atoms with Crippen LogP contribution >= 0.6 is 11.6 Å². The molecule has 3 aromatic rings. The highest BCUT2D eigenvalue weighted by Gasteiger charge is 2.37. The highest BCUT2D eigenvalue weighted by Crippen LogP contribution is 2.27. The lowest BCUT2D eigenvalue weighted by Crippen LogP contribution is -2.57. The van der Waals surface area contributed by atoms with E-state index in [2.05, 4.69) is 16.9 Å². The van der Waals surface area contributed by atoms with Crippen LogP contribution in [0.15, 0.2) is 59.9 Å². The van der Waals surface area contributed by atoms with Crippen LogP contribution in [0.4, 0.5) is 0 Å². The van der Waals surface area contributed by atoms with Crippen LogP contribution in [0.5, 0.6) is 0 Å². The number of ether oxygens (including phenoxy) is 1. The summed E-state index contributed by atoms with van der Waals surface area (Å²) in [5.74, 6) is -0.629. The number of carbonyl (C=O) groups excluding carboxylic acids is 2. The van der Waals surface area contributed by atoms with Crippen LogP contribution in [0, 0.1) is 0 Å². The van der Waals surface area contributed by atoms with Gasteiger partial charge in [0.25, 0.3) is 10.0 Å². The average molecular weight is 559 g/mol. The number of H-pyrrole nitrogens is 1. The molecule has 0 saturated carbocycles. The van der Waals surface area contributed by atoms with Crippen LogP contribution in [0.2, 0.25) is 5.02 Å². The fourth-order valence-electron chi connectivity index (χ4n) is 4.72. The summed E-state index contributed by atoms with van der Waals surface area (Å²) in [6.07, 6.45) is 7.03. The number of aromatic amines is 1. The van der Waals surface area contributed by atoms with Crippen molar-refractivity contribution in [2.75, 3.05) is 26.7 Å². The molecule has 1 fully saturated rings. The maximum atomic E-state index is 13.5. The molecule has 2 aromatic heterocycles. The van der Waals surface area contributed by atoms with Gasteiger partial charge in [-0.3, -0.25) is 14.6 Å². The standard InChI is InChI=1S/C27H31ClN4O5S/c1-3-19(20-9-11-29-12-10-20)5-4-6-26(33)32-14-13-31(18-23(32)17-27(34)37-2)38(35,36)25-16-21-15-22(28)7-8-24(21)30-25/h5,7-12,15-16,23,30H,3-4,6,13-14,17-18H2,1-2H3. The van der Waals surface area contributed by atoms with Crippen LogP contribution in [0.1, 0.15) is 38.2 Å². The number of aromatic nitrogens is 2. The quantitative estimate of drug-likeness (QED) is 0.393. The molecule has 202 valence electrons. The van der Waals surface area contributed by atoms with Crippen LogP contribution in [-0.4, -0.2) is 72.3 Å². The van der Waals surface area contributed by atoms with E-state index in [9.17, 15) is 18.0 Å². The van der Waals surface area contributed by atoms with E-state index in [0.29, 0.717) is 22.3 Å². The van der Waals surface area contributed by atoms with Gasteiger partial charge in [-0.15, -0.1) is 0 Å². The first kappa shape index (κ1) is 27.8. The number of allylic oxidation sites excluding steroid dienone is 2. The number of piperazine rings is 1. The number of fused-ring (bicyclic) bond motifs is 1. The summed E-state index contributed by atoms with van der Waals surface area (Å²) in [6, 6.07) is 9.88. The molecule has 4 rings (SSSR count). The van der Waals surface area contributed by atoms with Gasteiger partial charge in [-0.2, -0.15) is 4.31 Å². The first-order chi connectivity index (χ1) is 18.2. The first-order valence-corrected chi connectivity index (χ1v) is 14.3. The molecule has 1 amide bonds. The van der Waals surface area contributed by atoms with Gasteiger partial charge < -0.3 is 14.6 Å². The largest absolute Gasteiger partial charge is 0.469 e. The Labute approximate surface area is 227 Å². The Kier molecular flexibility index (Phi) is 8.86. The minimum atomic E-state index is -3.89. The number of hydrogen-bond donors (Lipinski definition) is 1. The van der Waals surface area contributed by atoms with Crippen molar-refractivity contribution in [3.63, 3.8) is 0 Å². The number of sulfonamides is 1. The van der Waals surface area contributed by atoms with Crippen molar-refractivity contribution in [3.05, 3.63) is 65.5 Å². The van der Waals surface area contributed by atoms with E-state index in [1.54, 1.807) is 41.6 Å². The predicted molar refractivity (Wildman–Crippen MR) is 146 cm³/mol. The van der Waals surface area contributed by atoms with E-state index in [-0.39, 0.29) is 43.4 Å². The molecule has 1 aromatic carbocycles. The fourth-order valence-corrected chi connectivity index (χ4v) is 6.39. The van der Waals surface area contributed by atoms with E-state index in [1.807, 2.05) is 18.2 Å². The highest BCUT2D eigenvalue weighted by atomic mass is 35.5. The fraction of sp³-hybridized carbons (Fsp3) is 0.370. The number of esters is 1. The second kappa shape index (κ2) is 12.1. The molecule has 0 bridgehead atoms. The molecule has 1 unspecified atom stereocenters. The third-order valence-corrected chi connectivity index (χ3v) is 8.77. The topological polar surface area (TPSA) is 113 Å². The van der Waals surface area contributed by atoms with Crippen LogP contribution in [0.25, 0.3) is 16.5 Å². The molecule has 38 heavy (non-hydrogen) atoms. The number of pyridine rings is 1. The summed E-state index contributed by atoms with van der Waals surface area (Å²) in [4.78, 5) is 34.0. The number of methoxy groups -OCH3 is 1. The molecule has 1 N–H and O–H groups in total. The predicted octanol–water partition coefficient (Wildman–Crippen LogP) is 4.25. The van der Waals surface area contributed by atoms with Crippen molar-refractivity contribution in [2.24, 2.45) is 0 Å². The second-order valence-electron chi connectivity index (χ2n) is 9.11. The van der Waals surface area contributed by atoms with Crippen molar-refractivity contribution < 1.29 is 22.7 Å². The van der Waals surface area contributed by atoms with Crippen LogP contribution in [-0.2, 0) is 24.3 Å². The van der Waals surface area contributed by atoms with Crippen molar-refractivity contribution in [1.29, 1.82) is 0 Å². The number of rotatable bonds is 9. The van der Waals surface area contributed by atoms with Crippen molar-refractivity contribution in [2.45, 2.75) is 43.7 Å². The number of nitrogens with one attached hydrogen (secondary N) is 1. The minimum absolute atomic E-state index is 0.00758. The molecule has 0 radical (unpaired) electrons. The molecule has 1 aliphatic rings. The summed E-state index contributed by atoms with van der Waals surface area (Å²) in [7, 11) is -2.62. The molecule has 11 heteroatoms. The minimum Gasteiger partial charge on any atom is -0.469 e. The van der Waals surface area contributed by atoms with E-state index >= 15 is 0 Å². The molecule has 0 spiro atoms. The SMILES string of the molecule is CCC(=CCCC(=O)N1CCN(S(=O)(=O)c2cc3cc(Cl)ccc3[nH]2)CC1CC(=O)OC)c1ccncc1. The van der Waals surface area contributed by atoms with E-state index in [4.69, 9.17) is 16.3 Å². The number of carbonyl (C=O) groups is 2. The highest BCUT2D eigenvalue weighted by molar-refractivity contribution is 7.89. The van der Waals surface area contributed by atoms with E-state index < -0.39 is 22.0 Å². The van der Waals surface area contributed by atoms with Gasteiger partial charge >= 0.3 is 5.97 Å². The maximum absolute atomic E-state index is 13.5. The molecule has 3 heterocycles. The van der Waals surface area contributed by atoms with Gasteiger partial charge in [0.15, 0.2) is 0 Å². The number of halogens is 1. The Bertz CT molecular complexity index is 1440. The summed E-state index contributed by atoms with van der Waals surface area (Å²) >= 11 is 6.05. The lowest BCUT2D eigenvalue weighted by atomic mass is 10.0. The zero-order valence-electron chi connectivity index (χ0n) is 21.4. The lowest BCUT2D eigenvalue weighted by molar-refractivity contribution is -0.144. The van der Waals surface area contributed by atoms with Gasteiger partial charge in [0, 0.05) is 54.4 Å². The second-order valence-corrected chi connectivity index (χ2v) is 11.4. The van der Waals surface area contributed by atoms with Gasteiger partial charge in [-0.25, -0.2) is 8.42 Å². The van der Waals surface area contributed by atoms with Gasteiger partial charge in [0.2, 0.25) is 5.91 Å². The third kappa shape index (κ3) is 6.25. The monoisotopic (exact) mass is 558 g/mol. The zero-order valence-corrected chi connectivity index (χ0v) is 23.0. The zero-order chi connectivity index (χ0) is 27.3. The normalized spacial score (nSPS) is 17.1.